The van der Waals surface area contributed by atoms with Crippen LogP contribution in [0.2, 0.25) is 0 Å². The van der Waals surface area contributed by atoms with E-state index in [-0.39, 0.29) is 6.04 Å². The molecule has 1 aliphatic rings. The smallest absolute Gasteiger partial charge is 0.208 e. The van der Waals surface area contributed by atoms with Crippen LogP contribution in [-0.2, 0) is 22.9 Å². The molecule has 1 aromatic carbocycles. The first-order valence-electron chi connectivity index (χ1n) is 6.50. The lowest BCUT2D eigenvalue weighted by Gasteiger charge is -2.22. The molecule has 0 aliphatic heterocycles. The molecule has 0 radical (unpaired) electrons. The minimum absolute atomic E-state index is 0.0108. The van der Waals surface area contributed by atoms with Crippen LogP contribution in [0.3, 0.4) is 0 Å². The second kappa shape index (κ2) is 4.35. The molecule has 3 rings (SSSR count). The van der Waals surface area contributed by atoms with E-state index in [1.165, 1.54) is 28.5 Å². The predicted octanol–water partition coefficient (Wildman–Crippen LogP) is 1.88. The predicted molar refractivity (Wildman–Crippen MR) is 76.8 cm³/mol. The van der Waals surface area contributed by atoms with Crippen LogP contribution in [0.25, 0.3) is 10.9 Å². The Labute approximate surface area is 113 Å². The molecule has 0 saturated carbocycles. The number of hydrogen-bond donors (Lipinski definition) is 2. The van der Waals surface area contributed by atoms with Crippen molar-refractivity contribution < 1.29 is 8.42 Å². The van der Waals surface area contributed by atoms with E-state index in [0.717, 1.165) is 24.8 Å². The molecule has 102 valence electrons. The lowest BCUT2D eigenvalue weighted by atomic mass is 9.92. The largest absolute Gasteiger partial charge is 0.358 e. The zero-order chi connectivity index (χ0) is 13.6. The Morgan fingerprint density at radius 2 is 2.16 bits per heavy atom. The van der Waals surface area contributed by atoms with Crippen molar-refractivity contribution in [3.63, 3.8) is 0 Å². The molecule has 0 bridgehead atoms. The minimum Gasteiger partial charge on any atom is -0.358 e. The average Bonchev–Trinajstić information content (AvgIpc) is 2.64. The van der Waals surface area contributed by atoms with Crippen molar-refractivity contribution in [2.45, 2.75) is 32.2 Å². The van der Waals surface area contributed by atoms with E-state index in [0.29, 0.717) is 0 Å². The van der Waals surface area contributed by atoms with Gasteiger partial charge in [0.05, 0.1) is 6.26 Å². The van der Waals surface area contributed by atoms with Gasteiger partial charge in [-0.3, -0.25) is 0 Å². The summed E-state index contributed by atoms with van der Waals surface area (Å²) < 4.78 is 25.3. The lowest BCUT2D eigenvalue weighted by molar-refractivity contribution is 0.508. The van der Waals surface area contributed by atoms with Gasteiger partial charge in [-0.2, -0.15) is 0 Å². The highest BCUT2D eigenvalue weighted by molar-refractivity contribution is 7.88. The maximum absolute atomic E-state index is 11.3. The molecule has 1 unspecified atom stereocenters. The van der Waals surface area contributed by atoms with Gasteiger partial charge in [0.2, 0.25) is 10.0 Å². The highest BCUT2D eigenvalue weighted by Crippen LogP contribution is 2.29. The van der Waals surface area contributed by atoms with Crippen LogP contribution < -0.4 is 4.72 Å². The summed E-state index contributed by atoms with van der Waals surface area (Å²) in [7, 11) is -3.13. The average molecular weight is 278 g/mol. The first kappa shape index (κ1) is 12.7. The van der Waals surface area contributed by atoms with Gasteiger partial charge in [-0.25, -0.2) is 13.1 Å². The first-order chi connectivity index (χ1) is 8.92. The molecule has 0 spiro atoms. The Bertz CT molecular complexity index is 731. The van der Waals surface area contributed by atoms with Gasteiger partial charge in [0, 0.05) is 29.1 Å². The summed E-state index contributed by atoms with van der Waals surface area (Å²) >= 11 is 0. The summed E-state index contributed by atoms with van der Waals surface area (Å²) in [6.07, 6.45) is 3.75. The highest BCUT2D eigenvalue weighted by Gasteiger charge is 2.24. The minimum atomic E-state index is -3.13. The van der Waals surface area contributed by atoms with E-state index in [4.69, 9.17) is 0 Å². The summed E-state index contributed by atoms with van der Waals surface area (Å²) in [5, 5.41) is 1.29. The van der Waals surface area contributed by atoms with Gasteiger partial charge >= 0.3 is 0 Å². The number of H-pyrrole nitrogens is 1. The maximum Gasteiger partial charge on any atom is 0.208 e. The Hall–Kier alpha value is -1.33. The molecular formula is C14H18N2O2S. The molecule has 5 heteroatoms. The van der Waals surface area contributed by atoms with Crippen molar-refractivity contribution >= 4 is 20.9 Å². The Balaban J connectivity index is 1.96. The zero-order valence-electron chi connectivity index (χ0n) is 11.2. The van der Waals surface area contributed by atoms with Gasteiger partial charge in [-0.05, 0) is 37.5 Å². The molecule has 1 aliphatic carbocycles. The number of fused-ring (bicyclic) bond motifs is 3. The van der Waals surface area contributed by atoms with Crippen LogP contribution in [0.4, 0.5) is 0 Å². The summed E-state index contributed by atoms with van der Waals surface area (Å²) in [5.74, 6) is 0. The van der Waals surface area contributed by atoms with E-state index in [1.807, 2.05) is 0 Å². The topological polar surface area (TPSA) is 62.0 Å². The summed E-state index contributed by atoms with van der Waals surface area (Å²) in [4.78, 5) is 3.42. The third-order valence-corrected chi connectivity index (χ3v) is 4.49. The number of hydrogen-bond acceptors (Lipinski definition) is 2. The second-order valence-corrected chi connectivity index (χ2v) is 7.24. The fourth-order valence-electron chi connectivity index (χ4n) is 2.95. The molecule has 2 aromatic rings. The van der Waals surface area contributed by atoms with Crippen LogP contribution in [0, 0.1) is 6.92 Å². The van der Waals surface area contributed by atoms with Crippen LogP contribution >= 0.6 is 0 Å². The number of aromatic amines is 1. The van der Waals surface area contributed by atoms with E-state index in [1.54, 1.807) is 0 Å². The third-order valence-electron chi connectivity index (χ3n) is 3.72. The number of sulfonamides is 1. The monoisotopic (exact) mass is 278 g/mol. The SMILES string of the molecule is Cc1ccc2[nH]c3c(c2c1)CCC(NS(C)(=O)=O)C3. The summed E-state index contributed by atoms with van der Waals surface area (Å²) in [5.41, 5.74) is 4.93. The molecule has 1 atom stereocenters. The fraction of sp³-hybridized carbons (Fsp3) is 0.429. The van der Waals surface area contributed by atoms with Crippen molar-refractivity contribution in [3.8, 4) is 0 Å². The number of rotatable bonds is 2. The second-order valence-electron chi connectivity index (χ2n) is 5.46. The van der Waals surface area contributed by atoms with E-state index >= 15 is 0 Å². The quantitative estimate of drug-likeness (QED) is 0.881. The van der Waals surface area contributed by atoms with Crippen molar-refractivity contribution in [3.05, 3.63) is 35.0 Å². The number of nitrogens with one attached hydrogen (secondary N) is 2. The molecule has 1 heterocycles. The molecule has 0 amide bonds. The van der Waals surface area contributed by atoms with Gasteiger partial charge in [-0.1, -0.05) is 11.6 Å². The standard InChI is InChI=1S/C14H18N2O2S/c1-9-3-6-13-12(7-9)11-5-4-10(8-14(11)15-13)16-19(2,17)18/h3,6-7,10,15-16H,4-5,8H2,1-2H3. The fourth-order valence-corrected chi connectivity index (χ4v) is 3.75. The first-order valence-corrected chi connectivity index (χ1v) is 8.39. The zero-order valence-corrected chi connectivity index (χ0v) is 12.0. The molecule has 0 saturated heterocycles. The molecule has 0 fully saturated rings. The molecule has 4 nitrogen and oxygen atoms in total. The van der Waals surface area contributed by atoms with Gasteiger partial charge in [0.25, 0.3) is 0 Å². The number of aromatic nitrogens is 1. The van der Waals surface area contributed by atoms with E-state index < -0.39 is 10.0 Å². The van der Waals surface area contributed by atoms with Crippen molar-refractivity contribution in [1.82, 2.24) is 9.71 Å². The molecule has 1 aromatic heterocycles. The Morgan fingerprint density at radius 1 is 1.37 bits per heavy atom. The van der Waals surface area contributed by atoms with Gasteiger partial charge in [-0.15, -0.1) is 0 Å². The van der Waals surface area contributed by atoms with Crippen LogP contribution in [0.15, 0.2) is 18.2 Å². The van der Waals surface area contributed by atoms with Gasteiger partial charge in [0.1, 0.15) is 0 Å². The van der Waals surface area contributed by atoms with E-state index in [2.05, 4.69) is 34.8 Å². The van der Waals surface area contributed by atoms with Gasteiger partial charge < -0.3 is 4.98 Å². The molecule has 19 heavy (non-hydrogen) atoms. The number of benzene rings is 1. The van der Waals surface area contributed by atoms with Crippen molar-refractivity contribution in [2.24, 2.45) is 0 Å². The maximum atomic E-state index is 11.3. The van der Waals surface area contributed by atoms with Gasteiger partial charge in [0.15, 0.2) is 0 Å². The van der Waals surface area contributed by atoms with Crippen molar-refractivity contribution in [1.29, 1.82) is 0 Å². The highest BCUT2D eigenvalue weighted by atomic mass is 32.2. The third kappa shape index (κ3) is 2.53. The van der Waals surface area contributed by atoms with E-state index in [9.17, 15) is 8.42 Å². The number of aryl methyl sites for hydroxylation is 2. The van der Waals surface area contributed by atoms with Crippen LogP contribution in [0.1, 0.15) is 23.2 Å². The summed E-state index contributed by atoms with van der Waals surface area (Å²) in [6, 6.07) is 6.41. The molecular weight excluding hydrogens is 260 g/mol. The normalized spacial score (nSPS) is 19.6. The van der Waals surface area contributed by atoms with Crippen molar-refractivity contribution in [2.75, 3.05) is 6.26 Å². The Kier molecular flexibility index (Phi) is 2.91. The Morgan fingerprint density at radius 3 is 2.89 bits per heavy atom. The lowest BCUT2D eigenvalue weighted by Crippen LogP contribution is -2.38. The summed E-state index contributed by atoms with van der Waals surface area (Å²) in [6.45, 7) is 2.09. The molecule has 2 N–H and O–H groups in total. The van der Waals surface area contributed by atoms with Crippen LogP contribution in [0.5, 0.6) is 0 Å². The van der Waals surface area contributed by atoms with Crippen LogP contribution in [-0.4, -0.2) is 25.7 Å².